The van der Waals surface area contributed by atoms with Crippen molar-refractivity contribution in [3.8, 4) is 5.75 Å². The molecule has 4 amide bonds. The molecule has 0 unspecified atom stereocenters. The molecule has 7 heteroatoms. The highest BCUT2D eigenvalue weighted by molar-refractivity contribution is 6.06. The van der Waals surface area contributed by atoms with Gasteiger partial charge in [-0.05, 0) is 31.2 Å². The van der Waals surface area contributed by atoms with Crippen LogP contribution >= 0.6 is 0 Å². The largest absolute Gasteiger partial charge is 0.480 e. The highest BCUT2D eigenvalue weighted by atomic mass is 16.5. The first-order valence-electron chi connectivity index (χ1n) is 7.66. The Bertz CT molecular complexity index is 762. The van der Waals surface area contributed by atoms with Crippen LogP contribution in [0.4, 0.5) is 10.5 Å². The molecule has 2 aromatic carbocycles. The number of carbonyl (C=O) groups excluding carboxylic acids is 3. The Morgan fingerprint density at radius 3 is 2.28 bits per heavy atom. The first kappa shape index (κ1) is 18.0. The zero-order chi connectivity index (χ0) is 18.2. The SMILES string of the molecule is CNC(=O)NC(=O)[C@H](C)Oc1ccccc1C(=O)Nc1ccccc1. The van der Waals surface area contributed by atoms with E-state index in [-0.39, 0.29) is 17.2 Å². The Morgan fingerprint density at radius 1 is 0.960 bits per heavy atom. The minimum atomic E-state index is -0.956. The van der Waals surface area contributed by atoms with Gasteiger partial charge in [-0.25, -0.2) is 4.79 Å². The van der Waals surface area contributed by atoms with Crippen LogP contribution in [0.1, 0.15) is 17.3 Å². The van der Waals surface area contributed by atoms with E-state index in [1.165, 1.54) is 14.0 Å². The maximum Gasteiger partial charge on any atom is 0.321 e. The molecule has 2 rings (SSSR count). The second-order valence-electron chi connectivity index (χ2n) is 5.14. The third kappa shape index (κ3) is 5.07. The Morgan fingerprint density at radius 2 is 1.60 bits per heavy atom. The Labute approximate surface area is 145 Å². The van der Waals surface area contributed by atoms with E-state index in [4.69, 9.17) is 4.74 Å². The van der Waals surface area contributed by atoms with Crippen LogP contribution in [0, 0.1) is 0 Å². The molecule has 0 saturated heterocycles. The van der Waals surface area contributed by atoms with Gasteiger partial charge in [0, 0.05) is 12.7 Å². The number of imide groups is 1. The van der Waals surface area contributed by atoms with Gasteiger partial charge in [0.15, 0.2) is 6.10 Å². The van der Waals surface area contributed by atoms with Gasteiger partial charge in [-0.2, -0.15) is 0 Å². The van der Waals surface area contributed by atoms with Crippen molar-refractivity contribution in [2.45, 2.75) is 13.0 Å². The molecule has 2 aromatic rings. The van der Waals surface area contributed by atoms with Crippen LogP contribution in [0.2, 0.25) is 0 Å². The number of rotatable bonds is 5. The lowest BCUT2D eigenvalue weighted by Gasteiger charge is -2.16. The summed E-state index contributed by atoms with van der Waals surface area (Å²) in [4.78, 5) is 35.5. The third-order valence-corrected chi connectivity index (χ3v) is 3.30. The molecule has 0 saturated carbocycles. The van der Waals surface area contributed by atoms with E-state index in [0.29, 0.717) is 5.69 Å². The molecule has 1 atom stereocenters. The fourth-order valence-electron chi connectivity index (χ4n) is 2.00. The summed E-state index contributed by atoms with van der Waals surface area (Å²) in [6, 6.07) is 14.9. The Balaban J connectivity index is 2.10. The molecule has 130 valence electrons. The Kier molecular flexibility index (Phi) is 6.11. The van der Waals surface area contributed by atoms with Gasteiger partial charge in [-0.1, -0.05) is 30.3 Å². The minimum Gasteiger partial charge on any atom is -0.480 e. The zero-order valence-corrected chi connectivity index (χ0v) is 13.9. The van der Waals surface area contributed by atoms with Crippen LogP contribution in [-0.2, 0) is 4.79 Å². The lowest BCUT2D eigenvalue weighted by atomic mass is 10.1. The van der Waals surface area contributed by atoms with Crippen LogP contribution in [-0.4, -0.2) is 31.0 Å². The monoisotopic (exact) mass is 341 g/mol. The van der Waals surface area contributed by atoms with Crippen LogP contribution in [0.3, 0.4) is 0 Å². The molecule has 0 bridgehead atoms. The average molecular weight is 341 g/mol. The highest BCUT2D eigenvalue weighted by Crippen LogP contribution is 2.21. The smallest absolute Gasteiger partial charge is 0.321 e. The molecule has 0 radical (unpaired) electrons. The van der Waals surface area contributed by atoms with Gasteiger partial charge >= 0.3 is 6.03 Å². The van der Waals surface area contributed by atoms with Crippen molar-refractivity contribution >= 4 is 23.5 Å². The van der Waals surface area contributed by atoms with Gasteiger partial charge in [0.1, 0.15) is 5.75 Å². The van der Waals surface area contributed by atoms with E-state index in [2.05, 4.69) is 16.0 Å². The predicted molar refractivity (Wildman–Crippen MR) is 93.5 cm³/mol. The summed E-state index contributed by atoms with van der Waals surface area (Å²) in [5, 5.41) is 7.16. The van der Waals surface area contributed by atoms with Gasteiger partial charge in [0.05, 0.1) is 5.56 Å². The zero-order valence-electron chi connectivity index (χ0n) is 13.9. The summed E-state index contributed by atoms with van der Waals surface area (Å²) in [5.41, 5.74) is 0.929. The molecule has 3 N–H and O–H groups in total. The third-order valence-electron chi connectivity index (χ3n) is 3.30. The lowest BCUT2D eigenvalue weighted by molar-refractivity contribution is -0.126. The average Bonchev–Trinajstić information content (AvgIpc) is 2.62. The molecular weight excluding hydrogens is 322 g/mol. The quantitative estimate of drug-likeness (QED) is 0.776. The van der Waals surface area contributed by atoms with E-state index in [9.17, 15) is 14.4 Å². The number of benzene rings is 2. The number of hydrogen-bond donors (Lipinski definition) is 3. The summed E-state index contributed by atoms with van der Waals surface area (Å²) < 4.78 is 5.56. The number of para-hydroxylation sites is 2. The highest BCUT2D eigenvalue weighted by Gasteiger charge is 2.20. The van der Waals surface area contributed by atoms with Crippen LogP contribution in [0.15, 0.2) is 54.6 Å². The second kappa shape index (κ2) is 8.49. The van der Waals surface area contributed by atoms with Crippen molar-refractivity contribution in [3.63, 3.8) is 0 Å². The maximum absolute atomic E-state index is 12.5. The number of hydrogen-bond acceptors (Lipinski definition) is 4. The van der Waals surface area contributed by atoms with Gasteiger partial charge in [0.2, 0.25) is 0 Å². The fraction of sp³-hybridized carbons (Fsp3) is 0.167. The second-order valence-corrected chi connectivity index (χ2v) is 5.14. The molecular formula is C18H19N3O4. The van der Waals surface area contributed by atoms with Crippen molar-refractivity contribution in [1.29, 1.82) is 0 Å². The summed E-state index contributed by atoms with van der Waals surface area (Å²) in [6.07, 6.45) is -0.956. The van der Waals surface area contributed by atoms with E-state index in [0.717, 1.165) is 0 Å². The minimum absolute atomic E-state index is 0.246. The van der Waals surface area contributed by atoms with Crippen molar-refractivity contribution in [1.82, 2.24) is 10.6 Å². The molecule has 7 nitrogen and oxygen atoms in total. The fourth-order valence-corrected chi connectivity index (χ4v) is 2.00. The van der Waals surface area contributed by atoms with Crippen molar-refractivity contribution in [3.05, 3.63) is 60.2 Å². The summed E-state index contributed by atoms with van der Waals surface area (Å²) in [5.74, 6) is -0.728. The number of amides is 4. The summed E-state index contributed by atoms with van der Waals surface area (Å²) in [7, 11) is 1.40. The van der Waals surface area contributed by atoms with Gasteiger partial charge in [0.25, 0.3) is 11.8 Å². The first-order valence-corrected chi connectivity index (χ1v) is 7.66. The van der Waals surface area contributed by atoms with Crippen LogP contribution in [0.25, 0.3) is 0 Å². The normalized spacial score (nSPS) is 11.1. The molecule has 0 aromatic heterocycles. The summed E-state index contributed by atoms with van der Waals surface area (Å²) in [6.45, 7) is 1.49. The van der Waals surface area contributed by atoms with Gasteiger partial charge in [-0.15, -0.1) is 0 Å². The number of anilines is 1. The van der Waals surface area contributed by atoms with Crippen molar-refractivity contribution in [2.24, 2.45) is 0 Å². The van der Waals surface area contributed by atoms with Crippen LogP contribution < -0.4 is 20.7 Å². The van der Waals surface area contributed by atoms with Crippen molar-refractivity contribution < 1.29 is 19.1 Å². The molecule has 25 heavy (non-hydrogen) atoms. The van der Waals surface area contributed by atoms with E-state index >= 15 is 0 Å². The number of urea groups is 1. The molecule has 0 aliphatic carbocycles. The first-order chi connectivity index (χ1) is 12.0. The molecule has 0 heterocycles. The van der Waals surface area contributed by atoms with Gasteiger partial charge < -0.3 is 15.4 Å². The summed E-state index contributed by atoms with van der Waals surface area (Å²) >= 11 is 0. The number of ether oxygens (including phenoxy) is 1. The number of carbonyl (C=O) groups is 3. The maximum atomic E-state index is 12.5. The van der Waals surface area contributed by atoms with Gasteiger partial charge in [-0.3, -0.25) is 14.9 Å². The Hall–Kier alpha value is -3.35. The molecule has 0 aliphatic rings. The van der Waals surface area contributed by atoms with E-state index in [1.54, 1.807) is 36.4 Å². The standard InChI is InChI=1S/C18H19N3O4/c1-12(16(22)21-18(24)19-2)25-15-11-7-6-10-14(15)17(23)20-13-8-4-3-5-9-13/h3-12H,1-2H3,(H,20,23)(H2,19,21,22,24)/t12-/m0/s1. The van der Waals surface area contributed by atoms with Crippen molar-refractivity contribution in [2.75, 3.05) is 12.4 Å². The van der Waals surface area contributed by atoms with Crippen LogP contribution in [0.5, 0.6) is 5.75 Å². The molecule has 0 fully saturated rings. The van der Waals surface area contributed by atoms with E-state index in [1.807, 2.05) is 18.2 Å². The molecule has 0 spiro atoms. The predicted octanol–water partition coefficient (Wildman–Crippen LogP) is 2.16. The number of nitrogens with one attached hydrogen (secondary N) is 3. The topological polar surface area (TPSA) is 96.5 Å². The molecule has 0 aliphatic heterocycles. The van der Waals surface area contributed by atoms with E-state index < -0.39 is 18.0 Å². The lowest BCUT2D eigenvalue weighted by Crippen LogP contribution is -2.44.